The van der Waals surface area contributed by atoms with Crippen LogP contribution in [0.2, 0.25) is 0 Å². The Labute approximate surface area is 182 Å². The highest BCUT2D eigenvalue weighted by Crippen LogP contribution is 2.27. The number of ether oxygens (including phenoxy) is 2. The van der Waals surface area contributed by atoms with Gasteiger partial charge in [0, 0.05) is 19.4 Å². The normalized spacial score (nSPS) is 10.6. The van der Waals surface area contributed by atoms with Crippen molar-refractivity contribution >= 4 is 40.8 Å². The molecule has 0 fully saturated rings. The molecular weight excluding hydrogens is 422 g/mol. The summed E-state index contributed by atoms with van der Waals surface area (Å²) < 4.78 is 15.5. The zero-order valence-corrected chi connectivity index (χ0v) is 17.6. The minimum absolute atomic E-state index is 0.251. The molecule has 0 aliphatic carbocycles. The van der Waals surface area contributed by atoms with Crippen LogP contribution in [-0.4, -0.2) is 49.8 Å². The number of nitrogens with zero attached hydrogens (tertiary/aromatic N) is 1. The smallest absolute Gasteiger partial charge is 0.338 e. The number of imide groups is 1. The van der Waals surface area contributed by atoms with Crippen molar-refractivity contribution in [2.45, 2.75) is 11.0 Å². The van der Waals surface area contributed by atoms with E-state index in [1.165, 1.54) is 18.9 Å². The van der Waals surface area contributed by atoms with Crippen molar-refractivity contribution in [1.29, 1.82) is 0 Å². The van der Waals surface area contributed by atoms with Gasteiger partial charge in [-0.05, 0) is 23.8 Å². The van der Waals surface area contributed by atoms with Gasteiger partial charge in [0.2, 0.25) is 0 Å². The molecule has 3 rings (SSSR count). The Morgan fingerprint density at radius 2 is 1.87 bits per heavy atom. The van der Waals surface area contributed by atoms with Gasteiger partial charge in [-0.3, -0.25) is 10.1 Å². The van der Waals surface area contributed by atoms with Crippen LogP contribution >= 0.6 is 11.8 Å². The summed E-state index contributed by atoms with van der Waals surface area (Å²) in [5.41, 5.74) is 2.48. The van der Waals surface area contributed by atoms with E-state index < -0.39 is 24.5 Å². The van der Waals surface area contributed by atoms with Crippen LogP contribution in [0.3, 0.4) is 0 Å². The minimum Gasteiger partial charge on any atom is -0.452 e. The average Bonchev–Trinajstić information content (AvgIpc) is 3.19. The Balaban J connectivity index is 1.53. The van der Waals surface area contributed by atoms with Crippen LogP contribution in [0.1, 0.15) is 15.9 Å². The highest BCUT2D eigenvalue weighted by atomic mass is 32.2. The Morgan fingerprint density at radius 1 is 1.10 bits per heavy atom. The number of carbonyl (C=O) groups is 3. The fourth-order valence-electron chi connectivity index (χ4n) is 2.58. The summed E-state index contributed by atoms with van der Waals surface area (Å²) in [6, 6.07) is 13.7. The van der Waals surface area contributed by atoms with Crippen molar-refractivity contribution < 1.29 is 28.3 Å². The summed E-state index contributed by atoms with van der Waals surface area (Å²) >= 11 is 1.35. The van der Waals surface area contributed by atoms with E-state index >= 15 is 0 Å². The third-order valence-electron chi connectivity index (χ3n) is 4.04. The molecule has 0 radical (unpaired) electrons. The SMILES string of the molecule is COCCNC(=O)NC(=O)COC(=O)c1ccccc1CSc1nc2ccccc2o1. The Bertz CT molecular complexity index is 1030. The summed E-state index contributed by atoms with van der Waals surface area (Å²) in [6.07, 6.45) is 0. The van der Waals surface area contributed by atoms with Crippen molar-refractivity contribution in [2.24, 2.45) is 0 Å². The van der Waals surface area contributed by atoms with E-state index in [9.17, 15) is 14.4 Å². The number of amides is 3. The molecular formula is C21H21N3O6S. The highest BCUT2D eigenvalue weighted by molar-refractivity contribution is 7.98. The second-order valence-electron chi connectivity index (χ2n) is 6.27. The van der Waals surface area contributed by atoms with Crippen LogP contribution in [0.15, 0.2) is 58.2 Å². The molecule has 3 aromatic rings. The third kappa shape index (κ3) is 6.56. The lowest BCUT2D eigenvalue weighted by Gasteiger charge is -2.09. The molecule has 0 aliphatic rings. The lowest BCUT2D eigenvalue weighted by atomic mass is 10.1. The maximum absolute atomic E-state index is 12.5. The minimum atomic E-state index is -0.735. The van der Waals surface area contributed by atoms with Crippen molar-refractivity contribution in [3.63, 3.8) is 0 Å². The molecule has 0 unspecified atom stereocenters. The van der Waals surface area contributed by atoms with Crippen LogP contribution in [0.4, 0.5) is 4.79 Å². The Morgan fingerprint density at radius 3 is 2.68 bits per heavy atom. The van der Waals surface area contributed by atoms with Gasteiger partial charge < -0.3 is 19.2 Å². The molecule has 162 valence electrons. The number of hydrogen-bond acceptors (Lipinski definition) is 8. The molecule has 2 aromatic carbocycles. The number of oxazole rings is 1. The quantitative estimate of drug-likeness (QED) is 0.294. The van der Waals surface area contributed by atoms with Gasteiger partial charge in [0.05, 0.1) is 12.2 Å². The molecule has 10 heteroatoms. The number of thioether (sulfide) groups is 1. The third-order valence-corrected chi connectivity index (χ3v) is 4.92. The molecule has 1 heterocycles. The van der Waals surface area contributed by atoms with E-state index in [0.717, 1.165) is 5.52 Å². The van der Waals surface area contributed by atoms with Crippen molar-refractivity contribution in [3.8, 4) is 0 Å². The van der Waals surface area contributed by atoms with Gasteiger partial charge in [0.1, 0.15) is 5.52 Å². The summed E-state index contributed by atoms with van der Waals surface area (Å²) in [6.45, 7) is -0.0153. The Hall–Kier alpha value is -3.37. The van der Waals surface area contributed by atoms with Crippen molar-refractivity contribution in [1.82, 2.24) is 15.6 Å². The second kappa shape index (κ2) is 11.1. The number of aromatic nitrogens is 1. The molecule has 0 atom stereocenters. The standard InChI is InChI=1S/C21H21N3O6S/c1-28-11-10-22-20(27)24-18(25)12-29-19(26)15-7-3-2-6-14(15)13-31-21-23-16-8-4-5-9-17(16)30-21/h2-9H,10-13H2,1H3,(H2,22,24,25,27). The summed E-state index contributed by atoms with van der Waals surface area (Å²) in [7, 11) is 1.49. The lowest BCUT2D eigenvalue weighted by molar-refractivity contribution is -0.123. The first-order valence-corrected chi connectivity index (χ1v) is 10.4. The molecule has 0 aliphatic heterocycles. The van der Waals surface area contributed by atoms with E-state index in [1.807, 2.05) is 24.3 Å². The van der Waals surface area contributed by atoms with Gasteiger partial charge in [-0.15, -0.1) is 0 Å². The number of para-hydroxylation sites is 2. The number of rotatable bonds is 9. The van der Waals surface area contributed by atoms with Gasteiger partial charge in [-0.1, -0.05) is 42.1 Å². The molecule has 0 spiro atoms. The number of carbonyl (C=O) groups excluding carboxylic acids is 3. The van der Waals surface area contributed by atoms with Crippen LogP contribution in [0.5, 0.6) is 0 Å². The summed E-state index contributed by atoms with van der Waals surface area (Å²) in [5.74, 6) is -0.975. The summed E-state index contributed by atoms with van der Waals surface area (Å²) in [4.78, 5) is 40.2. The maximum atomic E-state index is 12.5. The van der Waals surface area contributed by atoms with Crippen LogP contribution in [-0.2, 0) is 20.0 Å². The van der Waals surface area contributed by atoms with Crippen LogP contribution < -0.4 is 10.6 Å². The lowest BCUT2D eigenvalue weighted by Crippen LogP contribution is -2.42. The van der Waals surface area contributed by atoms with E-state index in [2.05, 4.69) is 15.6 Å². The predicted octanol–water partition coefficient (Wildman–Crippen LogP) is 2.75. The number of hydrogen-bond donors (Lipinski definition) is 2. The van der Waals surface area contributed by atoms with Crippen LogP contribution in [0, 0.1) is 0 Å². The van der Waals surface area contributed by atoms with Gasteiger partial charge in [0.25, 0.3) is 11.1 Å². The fourth-order valence-corrected chi connectivity index (χ4v) is 3.42. The number of fused-ring (bicyclic) bond motifs is 1. The van der Waals surface area contributed by atoms with E-state index in [0.29, 0.717) is 34.3 Å². The first-order chi connectivity index (χ1) is 15.1. The average molecular weight is 443 g/mol. The Kier molecular flexibility index (Phi) is 8.02. The number of benzene rings is 2. The molecule has 2 N–H and O–H groups in total. The molecule has 0 saturated heterocycles. The van der Waals surface area contributed by atoms with E-state index in [-0.39, 0.29) is 6.54 Å². The van der Waals surface area contributed by atoms with Gasteiger partial charge in [0.15, 0.2) is 12.2 Å². The highest BCUT2D eigenvalue weighted by Gasteiger charge is 2.16. The molecule has 0 saturated carbocycles. The number of urea groups is 1. The largest absolute Gasteiger partial charge is 0.452 e. The number of methoxy groups -OCH3 is 1. The molecule has 3 amide bonds. The van der Waals surface area contributed by atoms with Crippen molar-refractivity contribution in [2.75, 3.05) is 26.9 Å². The second-order valence-corrected chi connectivity index (χ2v) is 7.19. The topological polar surface area (TPSA) is 120 Å². The van der Waals surface area contributed by atoms with E-state index in [1.54, 1.807) is 24.3 Å². The molecule has 1 aromatic heterocycles. The van der Waals surface area contributed by atoms with Gasteiger partial charge >= 0.3 is 12.0 Å². The molecule has 9 nitrogen and oxygen atoms in total. The summed E-state index contributed by atoms with van der Waals surface area (Å²) in [5, 5.41) is 4.99. The maximum Gasteiger partial charge on any atom is 0.338 e. The molecule has 0 bridgehead atoms. The predicted molar refractivity (Wildman–Crippen MR) is 114 cm³/mol. The van der Waals surface area contributed by atoms with Gasteiger partial charge in [-0.25, -0.2) is 14.6 Å². The molecule has 31 heavy (non-hydrogen) atoms. The van der Waals surface area contributed by atoms with Crippen LogP contribution in [0.25, 0.3) is 11.1 Å². The monoisotopic (exact) mass is 443 g/mol. The zero-order valence-electron chi connectivity index (χ0n) is 16.8. The zero-order chi connectivity index (χ0) is 22.1. The van der Waals surface area contributed by atoms with Crippen molar-refractivity contribution in [3.05, 3.63) is 59.7 Å². The first kappa shape index (κ1) is 22.3. The number of nitrogens with one attached hydrogen (secondary N) is 2. The van der Waals surface area contributed by atoms with E-state index in [4.69, 9.17) is 13.9 Å². The number of esters is 1. The fraction of sp³-hybridized carbons (Fsp3) is 0.238. The van der Waals surface area contributed by atoms with Gasteiger partial charge in [-0.2, -0.15) is 0 Å². The first-order valence-electron chi connectivity index (χ1n) is 9.37.